The lowest BCUT2D eigenvalue weighted by molar-refractivity contribution is 0.0660. The van der Waals surface area contributed by atoms with Crippen molar-refractivity contribution in [3.05, 3.63) is 98.7 Å². The van der Waals surface area contributed by atoms with E-state index >= 15 is 0 Å². The van der Waals surface area contributed by atoms with Gasteiger partial charge in [-0.15, -0.1) is 0 Å². The number of hydrogen-bond acceptors (Lipinski definition) is 5. The van der Waals surface area contributed by atoms with E-state index in [2.05, 4.69) is 21.2 Å². The first-order valence-corrected chi connectivity index (χ1v) is 12.1. The standard InChI is InChI=1S/C26H27BrN4O3/c1-3-22(30(15-14-28-2)25(32)19-9-11-20(27)12-10-19)23-29-24-21(13-16-34-24)26(33)31(23)17-18-7-5-4-6-8-18/h4-13,16,22,28H,3,14-15,17H2,1-2H3. The van der Waals surface area contributed by atoms with Gasteiger partial charge in [-0.3, -0.25) is 14.2 Å². The summed E-state index contributed by atoms with van der Waals surface area (Å²) in [5.74, 6) is 0.398. The van der Waals surface area contributed by atoms with Crippen molar-refractivity contribution in [3.63, 3.8) is 0 Å². The highest BCUT2D eigenvalue weighted by Gasteiger charge is 2.29. The summed E-state index contributed by atoms with van der Waals surface area (Å²) in [4.78, 5) is 33.7. The molecule has 1 unspecified atom stereocenters. The topological polar surface area (TPSA) is 80.4 Å². The Bertz CT molecular complexity index is 1320. The Morgan fingerprint density at radius 1 is 1.15 bits per heavy atom. The number of nitrogens with one attached hydrogen (secondary N) is 1. The minimum Gasteiger partial charge on any atom is -0.446 e. The molecule has 0 saturated carbocycles. The number of carbonyl (C=O) groups is 1. The quantitative estimate of drug-likeness (QED) is 0.347. The maximum Gasteiger partial charge on any atom is 0.265 e. The summed E-state index contributed by atoms with van der Waals surface area (Å²) in [7, 11) is 1.85. The second-order valence-corrected chi connectivity index (χ2v) is 8.94. The molecule has 1 amide bonds. The molecule has 34 heavy (non-hydrogen) atoms. The lowest BCUT2D eigenvalue weighted by atomic mass is 10.1. The van der Waals surface area contributed by atoms with Gasteiger partial charge in [0.2, 0.25) is 5.71 Å². The molecule has 4 rings (SSSR count). The lowest BCUT2D eigenvalue weighted by Crippen LogP contribution is -2.41. The Kier molecular flexibility index (Phi) is 7.59. The van der Waals surface area contributed by atoms with Crippen LogP contribution in [0.25, 0.3) is 11.1 Å². The van der Waals surface area contributed by atoms with E-state index in [0.29, 0.717) is 42.8 Å². The molecular weight excluding hydrogens is 496 g/mol. The van der Waals surface area contributed by atoms with Crippen molar-refractivity contribution in [1.82, 2.24) is 19.8 Å². The van der Waals surface area contributed by atoms with E-state index in [9.17, 15) is 9.59 Å². The first-order valence-electron chi connectivity index (χ1n) is 11.3. The van der Waals surface area contributed by atoms with Crippen molar-refractivity contribution in [1.29, 1.82) is 0 Å². The molecule has 0 aliphatic rings. The van der Waals surface area contributed by atoms with Gasteiger partial charge in [-0.25, -0.2) is 0 Å². The van der Waals surface area contributed by atoms with Gasteiger partial charge in [0.05, 0.1) is 18.8 Å². The van der Waals surface area contributed by atoms with Gasteiger partial charge in [-0.2, -0.15) is 4.98 Å². The summed E-state index contributed by atoms with van der Waals surface area (Å²) in [6, 6.07) is 18.3. The fourth-order valence-corrected chi connectivity index (χ4v) is 4.33. The van der Waals surface area contributed by atoms with Crippen LogP contribution in [0.1, 0.15) is 41.1 Å². The fraction of sp³-hybridized carbons (Fsp3) is 0.269. The highest BCUT2D eigenvalue weighted by Crippen LogP contribution is 2.26. The van der Waals surface area contributed by atoms with E-state index in [0.717, 1.165) is 10.0 Å². The van der Waals surface area contributed by atoms with Crippen LogP contribution in [0.4, 0.5) is 0 Å². The van der Waals surface area contributed by atoms with Crippen molar-refractivity contribution >= 4 is 32.9 Å². The number of furan rings is 1. The van der Waals surface area contributed by atoms with Gasteiger partial charge in [0.1, 0.15) is 11.2 Å². The van der Waals surface area contributed by atoms with Gasteiger partial charge >= 0.3 is 0 Å². The second kappa shape index (κ2) is 10.8. The molecule has 1 atom stereocenters. The number of carbonyl (C=O) groups excluding carboxylic acids is 1. The average molecular weight is 523 g/mol. The Morgan fingerprint density at radius 3 is 2.56 bits per heavy atom. The van der Waals surface area contributed by atoms with Gasteiger partial charge in [-0.05, 0) is 49.4 Å². The van der Waals surface area contributed by atoms with E-state index in [1.54, 1.807) is 27.7 Å². The predicted octanol–water partition coefficient (Wildman–Crippen LogP) is 4.61. The van der Waals surface area contributed by atoms with Crippen molar-refractivity contribution in [3.8, 4) is 0 Å². The maximum atomic E-state index is 13.6. The molecule has 0 bridgehead atoms. The van der Waals surface area contributed by atoms with E-state index < -0.39 is 6.04 Å². The largest absolute Gasteiger partial charge is 0.446 e. The number of hydrogen-bond donors (Lipinski definition) is 1. The summed E-state index contributed by atoms with van der Waals surface area (Å²) in [6.45, 7) is 3.41. The fourth-order valence-electron chi connectivity index (χ4n) is 4.07. The number of likely N-dealkylation sites (N-methyl/N-ethyl adjacent to an activating group) is 1. The third kappa shape index (κ3) is 4.98. The molecule has 0 saturated heterocycles. The smallest absolute Gasteiger partial charge is 0.265 e. The normalized spacial score (nSPS) is 12.1. The molecule has 0 aliphatic heterocycles. The van der Waals surface area contributed by atoms with Crippen LogP contribution in [0.2, 0.25) is 0 Å². The van der Waals surface area contributed by atoms with Crippen LogP contribution in [0, 0.1) is 0 Å². The number of nitrogens with zero attached hydrogens (tertiary/aromatic N) is 3. The molecule has 8 heteroatoms. The number of benzene rings is 2. The molecule has 0 aliphatic carbocycles. The van der Waals surface area contributed by atoms with Gasteiger partial charge < -0.3 is 14.6 Å². The number of fused-ring (bicyclic) bond motifs is 1. The van der Waals surface area contributed by atoms with E-state index in [1.165, 1.54) is 6.26 Å². The first-order chi connectivity index (χ1) is 16.5. The Balaban J connectivity index is 1.84. The molecule has 0 radical (unpaired) electrons. The summed E-state index contributed by atoms with van der Waals surface area (Å²) < 4.78 is 8.08. The Hall–Kier alpha value is -3.23. The molecule has 0 fully saturated rings. The van der Waals surface area contributed by atoms with Gasteiger partial charge in [0.25, 0.3) is 11.5 Å². The Morgan fingerprint density at radius 2 is 1.88 bits per heavy atom. The van der Waals surface area contributed by atoms with E-state index in [1.807, 2.05) is 56.4 Å². The number of aromatic nitrogens is 2. The van der Waals surface area contributed by atoms with Crippen LogP contribution < -0.4 is 10.9 Å². The third-order valence-electron chi connectivity index (χ3n) is 5.81. The van der Waals surface area contributed by atoms with Crippen LogP contribution in [0.3, 0.4) is 0 Å². The van der Waals surface area contributed by atoms with Crippen molar-refractivity contribution < 1.29 is 9.21 Å². The molecule has 4 aromatic rings. The zero-order chi connectivity index (χ0) is 24.1. The molecular formula is C26H27BrN4O3. The maximum absolute atomic E-state index is 13.6. The molecule has 2 heterocycles. The highest BCUT2D eigenvalue weighted by molar-refractivity contribution is 9.10. The molecule has 2 aromatic carbocycles. The lowest BCUT2D eigenvalue weighted by Gasteiger charge is -2.32. The summed E-state index contributed by atoms with van der Waals surface area (Å²) in [6.07, 6.45) is 2.06. The average Bonchev–Trinajstić information content (AvgIpc) is 3.33. The zero-order valence-electron chi connectivity index (χ0n) is 19.2. The minimum absolute atomic E-state index is 0.116. The second-order valence-electron chi connectivity index (χ2n) is 8.02. The third-order valence-corrected chi connectivity index (χ3v) is 6.34. The van der Waals surface area contributed by atoms with Crippen molar-refractivity contribution in [2.75, 3.05) is 20.1 Å². The van der Waals surface area contributed by atoms with Crippen molar-refractivity contribution in [2.24, 2.45) is 0 Å². The van der Waals surface area contributed by atoms with Crippen LogP contribution in [0.15, 0.2) is 80.6 Å². The van der Waals surface area contributed by atoms with Gasteiger partial charge in [-0.1, -0.05) is 53.2 Å². The minimum atomic E-state index is -0.421. The molecule has 7 nitrogen and oxygen atoms in total. The first kappa shape index (κ1) is 23.9. The summed E-state index contributed by atoms with van der Waals surface area (Å²) >= 11 is 3.43. The van der Waals surface area contributed by atoms with E-state index in [-0.39, 0.29) is 17.2 Å². The highest BCUT2D eigenvalue weighted by atomic mass is 79.9. The Labute approximate surface area is 206 Å². The monoisotopic (exact) mass is 522 g/mol. The molecule has 2 aromatic heterocycles. The molecule has 176 valence electrons. The van der Waals surface area contributed by atoms with Crippen LogP contribution in [-0.2, 0) is 6.54 Å². The van der Waals surface area contributed by atoms with Crippen LogP contribution >= 0.6 is 15.9 Å². The van der Waals surface area contributed by atoms with Crippen LogP contribution in [0.5, 0.6) is 0 Å². The summed E-state index contributed by atoms with van der Waals surface area (Å²) in [5, 5.41) is 3.55. The van der Waals surface area contributed by atoms with Crippen LogP contribution in [-0.4, -0.2) is 40.5 Å². The molecule has 1 N–H and O–H groups in total. The van der Waals surface area contributed by atoms with Gasteiger partial charge in [0.15, 0.2) is 0 Å². The summed E-state index contributed by atoms with van der Waals surface area (Å²) in [5.41, 5.74) is 1.66. The zero-order valence-corrected chi connectivity index (χ0v) is 20.8. The van der Waals surface area contributed by atoms with Gasteiger partial charge in [0, 0.05) is 23.1 Å². The van der Waals surface area contributed by atoms with E-state index in [4.69, 9.17) is 9.40 Å². The SMILES string of the molecule is CCC(c1nc2occc2c(=O)n1Cc1ccccc1)N(CCNC)C(=O)c1ccc(Br)cc1. The number of halogens is 1. The van der Waals surface area contributed by atoms with Crippen molar-refractivity contribution in [2.45, 2.75) is 25.9 Å². The number of amides is 1. The predicted molar refractivity (Wildman–Crippen MR) is 136 cm³/mol. The molecule has 0 spiro atoms. The number of rotatable bonds is 9.